The molecule has 0 aliphatic rings. The fraction of sp³-hybridized carbons (Fsp3) is 0.0526. The van der Waals surface area contributed by atoms with Gasteiger partial charge >= 0.3 is 0 Å². The summed E-state index contributed by atoms with van der Waals surface area (Å²) in [4.78, 5) is 24.5. The van der Waals surface area contributed by atoms with Gasteiger partial charge in [-0.05, 0) is 36.2 Å². The van der Waals surface area contributed by atoms with E-state index in [2.05, 4.69) is 15.0 Å². The summed E-state index contributed by atoms with van der Waals surface area (Å²) >= 11 is 0. The van der Waals surface area contributed by atoms with Crippen molar-refractivity contribution in [3.63, 3.8) is 0 Å². The van der Waals surface area contributed by atoms with E-state index in [1.807, 2.05) is 55.6 Å². The van der Waals surface area contributed by atoms with E-state index in [-0.39, 0.29) is 0 Å². The zero-order valence-corrected chi connectivity index (χ0v) is 13.5. The van der Waals surface area contributed by atoms with Crippen molar-refractivity contribution in [2.75, 3.05) is 0 Å². The molecule has 4 rings (SSSR count). The lowest BCUT2D eigenvalue weighted by Gasteiger charge is -2.10. The summed E-state index contributed by atoms with van der Waals surface area (Å²) in [6.45, 7) is 1.86. The van der Waals surface area contributed by atoms with Crippen molar-refractivity contribution in [2.45, 2.75) is 6.92 Å². The lowest BCUT2D eigenvalue weighted by atomic mass is 9.98. The Hall–Kier alpha value is -3.54. The molecule has 6 nitrogen and oxygen atoms in total. The predicted octanol–water partition coefficient (Wildman–Crippen LogP) is 2.87. The molecule has 6 heteroatoms. The molecule has 0 atom stereocenters. The number of aromatic nitrogens is 4. The van der Waals surface area contributed by atoms with Crippen LogP contribution in [0, 0.1) is 6.92 Å². The number of hydrogen-bond donors (Lipinski definition) is 1. The third-order valence-electron chi connectivity index (χ3n) is 4.05. The van der Waals surface area contributed by atoms with Gasteiger partial charge in [0, 0.05) is 18.0 Å². The Morgan fingerprint density at radius 3 is 2.60 bits per heavy atom. The molecule has 0 radical (unpaired) electrons. The van der Waals surface area contributed by atoms with Gasteiger partial charge in [-0.1, -0.05) is 24.3 Å². The highest BCUT2D eigenvalue weighted by Gasteiger charge is 2.12. The van der Waals surface area contributed by atoms with Crippen LogP contribution in [0.5, 0.6) is 0 Å². The molecule has 2 N–H and O–H groups in total. The van der Waals surface area contributed by atoms with Crippen LogP contribution in [0.4, 0.5) is 0 Å². The fourth-order valence-corrected chi connectivity index (χ4v) is 2.89. The highest BCUT2D eigenvalue weighted by Crippen LogP contribution is 2.31. The van der Waals surface area contributed by atoms with E-state index < -0.39 is 5.91 Å². The first-order valence-electron chi connectivity index (χ1n) is 7.80. The summed E-state index contributed by atoms with van der Waals surface area (Å²) in [5.74, 6) is 0.206. The minimum Gasteiger partial charge on any atom is -0.364 e. The number of nitrogens with two attached hydrogens (primary N) is 1. The summed E-state index contributed by atoms with van der Waals surface area (Å²) in [5, 5.41) is 0. The molecule has 4 aromatic rings. The highest BCUT2D eigenvalue weighted by atomic mass is 16.1. The third-order valence-corrected chi connectivity index (χ3v) is 4.05. The van der Waals surface area contributed by atoms with Crippen LogP contribution in [0.25, 0.3) is 28.0 Å². The van der Waals surface area contributed by atoms with Crippen LogP contribution in [-0.4, -0.2) is 25.3 Å². The summed E-state index contributed by atoms with van der Waals surface area (Å²) in [6.07, 6.45) is 5.11. The number of primary amides is 1. The summed E-state index contributed by atoms with van der Waals surface area (Å²) in [6, 6.07) is 13.7. The van der Waals surface area contributed by atoms with Crippen molar-refractivity contribution >= 4 is 11.6 Å². The molecular weight excluding hydrogens is 314 g/mol. The van der Waals surface area contributed by atoms with Crippen LogP contribution in [0.15, 0.2) is 61.1 Å². The normalized spacial score (nSPS) is 10.9. The third kappa shape index (κ3) is 2.63. The van der Waals surface area contributed by atoms with E-state index in [0.29, 0.717) is 17.2 Å². The Bertz CT molecular complexity index is 1100. The van der Waals surface area contributed by atoms with Crippen molar-refractivity contribution in [1.82, 2.24) is 19.4 Å². The number of benzene rings is 1. The van der Waals surface area contributed by atoms with Gasteiger partial charge in [0.2, 0.25) is 0 Å². The largest absolute Gasteiger partial charge is 0.364 e. The first-order chi connectivity index (χ1) is 12.1. The quantitative estimate of drug-likeness (QED) is 0.626. The fourth-order valence-electron chi connectivity index (χ4n) is 2.89. The summed E-state index contributed by atoms with van der Waals surface area (Å²) < 4.78 is 1.71. The van der Waals surface area contributed by atoms with E-state index in [4.69, 9.17) is 5.73 Å². The van der Waals surface area contributed by atoms with Crippen LogP contribution in [0.3, 0.4) is 0 Å². The lowest BCUT2D eigenvalue weighted by Crippen LogP contribution is -2.13. The van der Waals surface area contributed by atoms with Crippen molar-refractivity contribution in [3.05, 3.63) is 72.6 Å². The van der Waals surface area contributed by atoms with Gasteiger partial charge in [-0.2, -0.15) is 0 Å². The maximum Gasteiger partial charge on any atom is 0.267 e. The maximum atomic E-state index is 11.6. The number of nitrogens with zero attached hydrogens (tertiary/aromatic N) is 4. The Morgan fingerprint density at radius 2 is 1.84 bits per heavy atom. The molecule has 1 amide bonds. The maximum absolute atomic E-state index is 11.6. The molecule has 0 spiro atoms. The smallest absolute Gasteiger partial charge is 0.267 e. The molecule has 1 aromatic carbocycles. The first kappa shape index (κ1) is 15.0. The second kappa shape index (κ2) is 5.83. The number of hydrogen-bond acceptors (Lipinski definition) is 4. The number of rotatable bonds is 3. The summed E-state index contributed by atoms with van der Waals surface area (Å²) in [7, 11) is 0. The van der Waals surface area contributed by atoms with Gasteiger partial charge in [-0.15, -0.1) is 0 Å². The SMILES string of the molecule is Cc1nccc(-c2ccccc2-c2ccc3ncc(C(N)=O)n3c2)n1. The number of imidazole rings is 1. The number of carbonyl (C=O) groups excluding carboxylic acids is 1. The average Bonchev–Trinajstić information content (AvgIpc) is 3.05. The van der Waals surface area contributed by atoms with Crippen LogP contribution in [0.1, 0.15) is 16.3 Å². The molecule has 0 saturated heterocycles. The van der Waals surface area contributed by atoms with Gasteiger partial charge in [0.1, 0.15) is 17.2 Å². The van der Waals surface area contributed by atoms with Gasteiger partial charge in [0.05, 0.1) is 11.9 Å². The van der Waals surface area contributed by atoms with E-state index in [9.17, 15) is 4.79 Å². The van der Waals surface area contributed by atoms with E-state index in [1.165, 1.54) is 6.20 Å². The molecule has 0 fully saturated rings. The number of fused-ring (bicyclic) bond motifs is 1. The van der Waals surface area contributed by atoms with Crippen molar-refractivity contribution in [2.24, 2.45) is 5.73 Å². The monoisotopic (exact) mass is 329 g/mol. The van der Waals surface area contributed by atoms with Crippen LogP contribution < -0.4 is 5.73 Å². The molecule has 3 heterocycles. The van der Waals surface area contributed by atoms with Gasteiger partial charge in [-0.3, -0.25) is 9.20 Å². The molecule has 3 aromatic heterocycles. The highest BCUT2D eigenvalue weighted by molar-refractivity contribution is 5.92. The molecule has 122 valence electrons. The van der Waals surface area contributed by atoms with E-state index >= 15 is 0 Å². The predicted molar refractivity (Wildman–Crippen MR) is 94.9 cm³/mol. The van der Waals surface area contributed by atoms with Crippen LogP contribution in [0.2, 0.25) is 0 Å². The number of carbonyl (C=O) groups is 1. The van der Waals surface area contributed by atoms with Gasteiger partial charge in [0.25, 0.3) is 5.91 Å². The van der Waals surface area contributed by atoms with Gasteiger partial charge in [0.15, 0.2) is 0 Å². The van der Waals surface area contributed by atoms with Crippen molar-refractivity contribution in [1.29, 1.82) is 0 Å². The molecule has 0 aliphatic carbocycles. The molecule has 0 saturated carbocycles. The van der Waals surface area contributed by atoms with Crippen LogP contribution in [-0.2, 0) is 0 Å². The standard InChI is InChI=1S/C19H15N5O/c1-12-21-9-8-16(23-12)15-5-3-2-4-14(15)13-6-7-18-22-10-17(19(20)25)24(18)11-13/h2-11H,1H3,(H2,20,25). The molecular formula is C19H15N5O. The molecule has 0 unspecified atom stereocenters. The zero-order chi connectivity index (χ0) is 17.4. The molecule has 25 heavy (non-hydrogen) atoms. The van der Waals surface area contributed by atoms with Gasteiger partial charge < -0.3 is 5.73 Å². The number of amides is 1. The number of aryl methyl sites for hydroxylation is 1. The van der Waals surface area contributed by atoms with E-state index in [0.717, 1.165) is 22.4 Å². The number of pyridine rings is 1. The van der Waals surface area contributed by atoms with Crippen molar-refractivity contribution < 1.29 is 4.79 Å². The Kier molecular flexibility index (Phi) is 3.50. The zero-order valence-electron chi connectivity index (χ0n) is 13.5. The first-order valence-corrected chi connectivity index (χ1v) is 7.80. The minimum atomic E-state index is -0.510. The Morgan fingerprint density at radius 1 is 1.04 bits per heavy atom. The topological polar surface area (TPSA) is 86.2 Å². The lowest BCUT2D eigenvalue weighted by molar-refractivity contribution is 0.0995. The van der Waals surface area contributed by atoms with E-state index in [1.54, 1.807) is 10.6 Å². The molecule has 0 bridgehead atoms. The molecule has 0 aliphatic heterocycles. The second-order valence-electron chi connectivity index (χ2n) is 5.69. The van der Waals surface area contributed by atoms with Crippen molar-refractivity contribution in [3.8, 4) is 22.4 Å². The van der Waals surface area contributed by atoms with Crippen LogP contribution >= 0.6 is 0 Å². The summed E-state index contributed by atoms with van der Waals surface area (Å²) in [5.41, 5.74) is 10.3. The average molecular weight is 329 g/mol. The minimum absolute atomic E-state index is 0.354. The van der Waals surface area contributed by atoms with Gasteiger partial charge in [-0.25, -0.2) is 15.0 Å². The second-order valence-corrected chi connectivity index (χ2v) is 5.69. The Balaban J connectivity index is 1.92. The Labute approximate surface area is 144 Å².